The molecule has 1 saturated carbocycles. The highest BCUT2D eigenvalue weighted by molar-refractivity contribution is 5.96. The zero-order chi connectivity index (χ0) is 30.3. The van der Waals surface area contributed by atoms with Gasteiger partial charge in [-0.25, -0.2) is 0 Å². The molecule has 2 amide bonds. The lowest BCUT2D eigenvalue weighted by atomic mass is 9.87. The fraction of sp³-hybridized carbons (Fsp3) is 0.529. The second kappa shape index (κ2) is 14.2. The van der Waals surface area contributed by atoms with E-state index in [1.165, 1.54) is 6.42 Å². The van der Waals surface area contributed by atoms with Crippen molar-refractivity contribution in [3.05, 3.63) is 59.4 Å². The highest BCUT2D eigenvalue weighted by atomic mass is 16.5. The van der Waals surface area contributed by atoms with Crippen LogP contribution < -0.4 is 9.64 Å². The third kappa shape index (κ3) is 7.44. The van der Waals surface area contributed by atoms with Crippen LogP contribution in [0.1, 0.15) is 69.3 Å². The van der Waals surface area contributed by atoms with Gasteiger partial charge < -0.3 is 19.1 Å². The Balaban J connectivity index is 1.42. The molecule has 0 atom stereocenters. The monoisotopic (exact) mass is 587 g/mol. The predicted octanol–water partition coefficient (Wildman–Crippen LogP) is 5.79. The van der Waals surface area contributed by atoms with E-state index >= 15 is 0 Å². The molecule has 0 spiro atoms. The van der Waals surface area contributed by atoms with Gasteiger partial charge in [-0.05, 0) is 70.2 Å². The smallest absolute Gasteiger partial charge is 0.261 e. The van der Waals surface area contributed by atoms with Gasteiger partial charge in [-0.2, -0.15) is 4.98 Å². The number of hydrogen-bond acceptors (Lipinski definition) is 7. The first-order valence-electron chi connectivity index (χ1n) is 15.8. The Bertz CT molecular complexity index is 1400. The molecular formula is C34H45N5O4. The van der Waals surface area contributed by atoms with Crippen molar-refractivity contribution in [3.63, 3.8) is 0 Å². The van der Waals surface area contributed by atoms with Crippen LogP contribution in [-0.2, 0) is 16.1 Å². The summed E-state index contributed by atoms with van der Waals surface area (Å²) in [6.45, 7) is 11.4. The van der Waals surface area contributed by atoms with Crippen LogP contribution >= 0.6 is 0 Å². The van der Waals surface area contributed by atoms with E-state index in [2.05, 4.69) is 47.9 Å². The molecule has 9 heteroatoms. The number of anilines is 1. The molecule has 3 aromatic rings. The average molecular weight is 588 g/mol. The Hall–Kier alpha value is -3.72. The molecule has 43 heavy (non-hydrogen) atoms. The first-order valence-corrected chi connectivity index (χ1v) is 15.8. The molecule has 1 fully saturated rings. The number of aromatic nitrogens is 2. The third-order valence-corrected chi connectivity index (χ3v) is 8.74. The number of nitrogens with zero attached hydrogens (tertiary/aromatic N) is 5. The van der Waals surface area contributed by atoms with Crippen LogP contribution in [0.15, 0.2) is 47.0 Å². The Morgan fingerprint density at radius 3 is 2.49 bits per heavy atom. The minimum absolute atomic E-state index is 0.0707. The Labute approximate surface area is 255 Å². The SMILES string of the molecule is Cc1noc(-c2ccccc2OCC(=O)N2CCN(C(C)C)CCCN(C(=O)C3CCCCC3)c3c(C)cccc3C2)n1. The summed E-state index contributed by atoms with van der Waals surface area (Å²) in [5, 5.41) is 3.89. The standard InChI is InChI=1S/C34H45N5O4/c1-24(2)37-18-11-19-39(34(41)27-13-6-5-7-14-27)32-25(3)12-10-15-28(32)22-38(21-20-37)31(40)23-42-30-17-9-8-16-29(30)33-35-26(4)36-43-33/h8-10,12,15-17,24,27H,5-7,11,13-14,18-23H2,1-4H3. The number of carbonyl (C=O) groups is 2. The summed E-state index contributed by atoms with van der Waals surface area (Å²) in [6, 6.07) is 13.9. The zero-order valence-electron chi connectivity index (χ0n) is 26.1. The van der Waals surface area contributed by atoms with Gasteiger partial charge in [0.1, 0.15) is 5.75 Å². The average Bonchev–Trinajstić information content (AvgIpc) is 3.43. The second-order valence-electron chi connectivity index (χ2n) is 12.1. The van der Waals surface area contributed by atoms with E-state index in [1.54, 1.807) is 6.92 Å². The van der Waals surface area contributed by atoms with Crippen molar-refractivity contribution >= 4 is 17.5 Å². The highest BCUT2D eigenvalue weighted by Crippen LogP contribution is 2.33. The number of aryl methyl sites for hydroxylation is 2. The van der Waals surface area contributed by atoms with E-state index in [0.29, 0.717) is 48.7 Å². The van der Waals surface area contributed by atoms with Gasteiger partial charge in [0.2, 0.25) is 5.91 Å². The maximum absolute atomic E-state index is 14.1. The molecule has 1 aliphatic carbocycles. The molecule has 5 rings (SSSR count). The van der Waals surface area contributed by atoms with Crippen LogP contribution in [0.5, 0.6) is 5.75 Å². The minimum Gasteiger partial charge on any atom is -0.483 e. The number of hydrogen-bond donors (Lipinski definition) is 0. The van der Waals surface area contributed by atoms with Gasteiger partial charge in [0, 0.05) is 44.7 Å². The van der Waals surface area contributed by atoms with Gasteiger partial charge in [-0.1, -0.05) is 54.8 Å². The second-order valence-corrected chi connectivity index (χ2v) is 12.1. The molecule has 1 aromatic heterocycles. The van der Waals surface area contributed by atoms with Gasteiger partial charge in [-0.15, -0.1) is 0 Å². The lowest BCUT2D eigenvalue weighted by Crippen LogP contribution is -2.42. The molecule has 0 N–H and O–H groups in total. The van der Waals surface area contributed by atoms with Crippen LogP contribution in [0.25, 0.3) is 11.5 Å². The first-order chi connectivity index (χ1) is 20.8. The van der Waals surface area contributed by atoms with Crippen molar-refractivity contribution in [2.75, 3.05) is 37.7 Å². The summed E-state index contributed by atoms with van der Waals surface area (Å²) in [5.74, 6) is 1.60. The van der Waals surface area contributed by atoms with Gasteiger partial charge in [-0.3, -0.25) is 14.5 Å². The summed E-state index contributed by atoms with van der Waals surface area (Å²) < 4.78 is 11.5. The van der Waals surface area contributed by atoms with Gasteiger partial charge in [0.15, 0.2) is 12.4 Å². The predicted molar refractivity (Wildman–Crippen MR) is 167 cm³/mol. The first kappa shape index (κ1) is 30.7. The molecule has 0 radical (unpaired) electrons. The van der Waals surface area contributed by atoms with Gasteiger partial charge >= 0.3 is 0 Å². The molecule has 0 bridgehead atoms. The van der Waals surface area contributed by atoms with Crippen LogP contribution in [0, 0.1) is 19.8 Å². The van der Waals surface area contributed by atoms with E-state index in [0.717, 1.165) is 62.0 Å². The van der Waals surface area contributed by atoms with E-state index < -0.39 is 0 Å². The number of rotatable bonds is 6. The summed E-state index contributed by atoms with van der Waals surface area (Å²) in [5.41, 5.74) is 3.68. The number of fused-ring (bicyclic) bond motifs is 1. The lowest BCUT2D eigenvalue weighted by Gasteiger charge is -2.33. The quantitative estimate of drug-likeness (QED) is 0.361. The lowest BCUT2D eigenvalue weighted by molar-refractivity contribution is -0.134. The maximum Gasteiger partial charge on any atom is 0.261 e. The van der Waals surface area contributed by atoms with Crippen molar-refractivity contribution in [1.82, 2.24) is 19.9 Å². The van der Waals surface area contributed by atoms with Crippen LogP contribution in [0.4, 0.5) is 5.69 Å². The van der Waals surface area contributed by atoms with Crippen LogP contribution in [0.2, 0.25) is 0 Å². The van der Waals surface area contributed by atoms with Crippen molar-refractivity contribution in [1.29, 1.82) is 0 Å². The maximum atomic E-state index is 14.1. The summed E-state index contributed by atoms with van der Waals surface area (Å²) >= 11 is 0. The molecule has 2 aliphatic rings. The fourth-order valence-electron chi connectivity index (χ4n) is 6.35. The normalized spacial score (nSPS) is 17.4. The summed E-state index contributed by atoms with van der Waals surface area (Å²) in [4.78, 5) is 38.6. The van der Waals surface area contributed by atoms with Gasteiger partial charge in [0.05, 0.1) is 11.3 Å². The number of carbonyl (C=O) groups excluding carboxylic acids is 2. The molecular weight excluding hydrogens is 542 g/mol. The largest absolute Gasteiger partial charge is 0.483 e. The zero-order valence-corrected chi connectivity index (χ0v) is 26.1. The summed E-state index contributed by atoms with van der Waals surface area (Å²) in [7, 11) is 0. The topological polar surface area (TPSA) is 92.0 Å². The van der Waals surface area contributed by atoms with Crippen molar-refractivity contribution in [2.45, 2.75) is 78.8 Å². The molecule has 1 aliphatic heterocycles. The number of para-hydroxylation sites is 2. The molecule has 0 unspecified atom stereocenters. The Kier molecular flexibility index (Phi) is 10.1. The van der Waals surface area contributed by atoms with E-state index in [1.807, 2.05) is 40.1 Å². The van der Waals surface area contributed by atoms with Gasteiger partial charge in [0.25, 0.3) is 11.8 Å². The van der Waals surface area contributed by atoms with Crippen molar-refractivity contribution < 1.29 is 18.8 Å². The van der Waals surface area contributed by atoms with E-state index in [4.69, 9.17) is 9.26 Å². The molecule has 0 saturated heterocycles. The van der Waals surface area contributed by atoms with E-state index in [-0.39, 0.29) is 24.3 Å². The number of benzene rings is 2. The molecule has 9 nitrogen and oxygen atoms in total. The van der Waals surface area contributed by atoms with Crippen LogP contribution in [-0.4, -0.2) is 70.6 Å². The molecule has 2 heterocycles. The molecule has 230 valence electrons. The number of amides is 2. The van der Waals surface area contributed by atoms with Crippen LogP contribution in [0.3, 0.4) is 0 Å². The van der Waals surface area contributed by atoms with Crippen molar-refractivity contribution in [2.24, 2.45) is 5.92 Å². The number of ether oxygens (including phenoxy) is 1. The fourth-order valence-corrected chi connectivity index (χ4v) is 6.35. The minimum atomic E-state index is -0.127. The third-order valence-electron chi connectivity index (χ3n) is 8.74. The Morgan fingerprint density at radius 2 is 1.74 bits per heavy atom. The molecule has 2 aromatic carbocycles. The van der Waals surface area contributed by atoms with Crippen molar-refractivity contribution in [3.8, 4) is 17.2 Å². The van der Waals surface area contributed by atoms with E-state index in [9.17, 15) is 9.59 Å². The Morgan fingerprint density at radius 1 is 0.953 bits per heavy atom. The summed E-state index contributed by atoms with van der Waals surface area (Å²) in [6.07, 6.45) is 6.24. The highest BCUT2D eigenvalue weighted by Gasteiger charge is 2.30.